The fourth-order valence-corrected chi connectivity index (χ4v) is 8.57. The maximum absolute atomic E-state index is 13.4. The van der Waals surface area contributed by atoms with Gasteiger partial charge in [0, 0.05) is 58.7 Å². The van der Waals surface area contributed by atoms with Gasteiger partial charge in [0.25, 0.3) is 0 Å². The van der Waals surface area contributed by atoms with Crippen LogP contribution >= 0.6 is 43.5 Å². The van der Waals surface area contributed by atoms with Gasteiger partial charge >= 0.3 is 6.09 Å². The fourth-order valence-electron chi connectivity index (χ4n) is 7.07. The minimum Gasteiger partial charge on any atom is -0.444 e. The van der Waals surface area contributed by atoms with Crippen molar-refractivity contribution in [2.75, 3.05) is 26.2 Å². The molecule has 1 unspecified atom stereocenters. The molecule has 11 heteroatoms. The normalized spacial score (nSPS) is 19.3. The first kappa shape index (κ1) is 37.2. The van der Waals surface area contributed by atoms with E-state index in [-0.39, 0.29) is 23.7 Å². The van der Waals surface area contributed by atoms with E-state index in [0.717, 1.165) is 71.3 Å². The fraction of sp³-hybridized carbons (Fsp3) is 0.556. The van der Waals surface area contributed by atoms with Gasteiger partial charge in [-0.05, 0) is 129 Å². The topological polar surface area (TPSA) is 91.8 Å². The van der Waals surface area contributed by atoms with Gasteiger partial charge in [0.15, 0.2) is 0 Å². The summed E-state index contributed by atoms with van der Waals surface area (Å²) in [6.07, 6.45) is 15.0. The second-order valence-electron chi connectivity index (χ2n) is 13.7. The van der Waals surface area contributed by atoms with Gasteiger partial charge < -0.3 is 19.9 Å². The van der Waals surface area contributed by atoms with Crippen LogP contribution < -0.4 is 5.32 Å². The molecule has 2 fully saturated rings. The number of benzene rings is 1. The quantitative estimate of drug-likeness (QED) is 0.317. The van der Waals surface area contributed by atoms with Crippen molar-refractivity contribution in [2.45, 2.75) is 90.2 Å². The zero-order valence-corrected chi connectivity index (χ0v) is 31.6. The van der Waals surface area contributed by atoms with Crippen molar-refractivity contribution in [3.63, 3.8) is 0 Å². The third kappa shape index (κ3) is 9.51. The van der Waals surface area contributed by atoms with Crippen LogP contribution in [0, 0.1) is 24.7 Å². The molecule has 0 spiro atoms. The summed E-state index contributed by atoms with van der Waals surface area (Å²) in [5, 5.41) is 3.38. The summed E-state index contributed by atoms with van der Waals surface area (Å²) in [5.74, 6) is 0.835. The molecule has 2 aliphatic heterocycles. The smallest absolute Gasteiger partial charge is 0.408 e. The number of fused-ring (bicyclic) bond motifs is 2. The van der Waals surface area contributed by atoms with Crippen LogP contribution in [-0.4, -0.2) is 70.5 Å². The highest BCUT2D eigenvalue weighted by atomic mass is 79.9. The molecule has 2 aromatic rings. The molecule has 0 saturated carbocycles. The summed E-state index contributed by atoms with van der Waals surface area (Å²) in [5.41, 5.74) is 4.34. The molecule has 1 aromatic carbocycles. The summed E-state index contributed by atoms with van der Waals surface area (Å²) in [4.78, 5) is 47.2. The van der Waals surface area contributed by atoms with E-state index in [1.54, 1.807) is 32.6 Å². The second kappa shape index (κ2) is 16.2. The maximum atomic E-state index is 13.4. The largest absolute Gasteiger partial charge is 0.444 e. The average Bonchev–Trinajstić information content (AvgIpc) is 3.18. The molecule has 3 heterocycles. The monoisotopic (exact) mass is 790 g/mol. The first-order chi connectivity index (χ1) is 22.3. The number of rotatable bonds is 5. The molecule has 1 aliphatic carbocycles. The Balaban J connectivity index is 0.00000245. The Kier molecular flexibility index (Phi) is 12.8. The molecule has 3 aliphatic rings. The van der Waals surface area contributed by atoms with Gasteiger partial charge in [0.05, 0.1) is 5.69 Å². The minimum absolute atomic E-state index is 0.120. The number of hydrogen-bond donors (Lipinski definition) is 1. The minimum atomic E-state index is -0.666. The molecule has 1 N–H and O–H groups in total. The molecule has 47 heavy (non-hydrogen) atoms. The lowest BCUT2D eigenvalue weighted by molar-refractivity contribution is -0.136. The Labute approximate surface area is 301 Å². The van der Waals surface area contributed by atoms with Gasteiger partial charge in [-0.3, -0.25) is 14.6 Å². The Morgan fingerprint density at radius 2 is 1.62 bits per heavy atom. The van der Waals surface area contributed by atoms with Crippen LogP contribution in [0.2, 0.25) is 5.02 Å². The highest BCUT2D eigenvalue weighted by molar-refractivity contribution is 9.10. The number of nitrogens with zero attached hydrogens (tertiary/aromatic N) is 3. The standard InChI is InChI=1S/C34H43Br2ClN4O4.C2H2/c1-20(39-33(44)45-34(2,3)4)32(43)41-11-7-21(8-12-41)15-28(42)40-13-9-22(10-14-40)30-29-23(17-26(37)18-27(29)36)5-6-24-16-25(35)19-38-31(24)30;1-2/h16-22,30H,5-15H2,1-4H3,(H,39,44);1-2H/t20-,30?;/m0./s1. The molecule has 254 valence electrons. The van der Waals surface area contributed by atoms with Crippen molar-refractivity contribution in [3.8, 4) is 12.8 Å². The van der Waals surface area contributed by atoms with Crippen LogP contribution in [0.25, 0.3) is 0 Å². The zero-order valence-electron chi connectivity index (χ0n) is 27.7. The number of terminal acetylenes is 1. The highest BCUT2D eigenvalue weighted by Crippen LogP contribution is 2.46. The third-order valence-electron chi connectivity index (χ3n) is 9.27. The van der Waals surface area contributed by atoms with Crippen molar-refractivity contribution >= 4 is 61.4 Å². The number of carbonyl (C=O) groups is 3. The molecule has 2 saturated heterocycles. The average molecular weight is 793 g/mol. The lowest BCUT2D eigenvalue weighted by atomic mass is 9.76. The SMILES string of the molecule is C#C.C[C@H](NC(=O)OC(C)(C)C)C(=O)N1CCC(CC(=O)N2CCC(C3c4ncc(Br)cc4CCc4cc(Cl)cc(Br)c43)CC2)CC1. The van der Waals surface area contributed by atoms with Gasteiger partial charge in [-0.1, -0.05) is 27.5 Å². The van der Waals surface area contributed by atoms with E-state index in [4.69, 9.17) is 21.3 Å². The molecule has 3 amide bonds. The van der Waals surface area contributed by atoms with Crippen LogP contribution in [0.5, 0.6) is 0 Å². The Bertz CT molecular complexity index is 1480. The molecule has 8 nitrogen and oxygen atoms in total. The molecular weight excluding hydrogens is 748 g/mol. The summed E-state index contributed by atoms with van der Waals surface area (Å²) in [6, 6.07) is 5.63. The van der Waals surface area contributed by atoms with E-state index in [1.165, 1.54) is 16.7 Å². The van der Waals surface area contributed by atoms with Crippen molar-refractivity contribution in [2.24, 2.45) is 11.8 Å². The van der Waals surface area contributed by atoms with Gasteiger partial charge in [0.1, 0.15) is 11.6 Å². The number of ether oxygens (including phenoxy) is 1. The van der Waals surface area contributed by atoms with Crippen molar-refractivity contribution in [3.05, 3.63) is 60.7 Å². The number of amides is 3. The van der Waals surface area contributed by atoms with E-state index >= 15 is 0 Å². The predicted molar refractivity (Wildman–Crippen MR) is 192 cm³/mol. The zero-order chi connectivity index (χ0) is 34.5. The lowest BCUT2D eigenvalue weighted by Crippen LogP contribution is -2.50. The van der Waals surface area contributed by atoms with Gasteiger partial charge in [0.2, 0.25) is 11.8 Å². The summed E-state index contributed by atoms with van der Waals surface area (Å²) < 4.78 is 7.31. The van der Waals surface area contributed by atoms with E-state index in [2.05, 4.69) is 62.2 Å². The van der Waals surface area contributed by atoms with Crippen LogP contribution in [0.4, 0.5) is 4.79 Å². The number of aromatic nitrogens is 1. The molecule has 2 atom stereocenters. The van der Waals surface area contributed by atoms with E-state index in [0.29, 0.717) is 25.4 Å². The summed E-state index contributed by atoms with van der Waals surface area (Å²) >= 11 is 13.9. The van der Waals surface area contributed by atoms with Crippen molar-refractivity contribution < 1.29 is 19.1 Å². The van der Waals surface area contributed by atoms with Crippen LogP contribution in [0.15, 0.2) is 33.3 Å². The number of alkyl carbamates (subject to hydrolysis) is 1. The van der Waals surface area contributed by atoms with Gasteiger partial charge in [-0.15, -0.1) is 12.8 Å². The predicted octanol–water partition coefficient (Wildman–Crippen LogP) is 7.52. The van der Waals surface area contributed by atoms with Gasteiger partial charge in [-0.2, -0.15) is 0 Å². The van der Waals surface area contributed by atoms with Crippen LogP contribution in [-0.2, 0) is 27.2 Å². The van der Waals surface area contributed by atoms with Crippen molar-refractivity contribution in [1.29, 1.82) is 0 Å². The number of halogens is 3. The maximum Gasteiger partial charge on any atom is 0.408 e. The molecule has 1 aromatic heterocycles. The number of nitrogens with one attached hydrogen (secondary N) is 1. The number of piperidine rings is 2. The number of aryl methyl sites for hydroxylation is 2. The highest BCUT2D eigenvalue weighted by Gasteiger charge is 2.37. The molecule has 0 bridgehead atoms. The first-order valence-electron chi connectivity index (χ1n) is 16.3. The van der Waals surface area contributed by atoms with Crippen LogP contribution in [0.3, 0.4) is 0 Å². The molecule has 5 rings (SSSR count). The van der Waals surface area contributed by atoms with Gasteiger partial charge in [-0.25, -0.2) is 4.79 Å². The van der Waals surface area contributed by atoms with Crippen molar-refractivity contribution in [1.82, 2.24) is 20.1 Å². The second-order valence-corrected chi connectivity index (χ2v) is 15.9. The Hall–Kier alpha value is -2.61. The number of pyridine rings is 1. The molecule has 0 radical (unpaired) electrons. The van der Waals surface area contributed by atoms with E-state index in [9.17, 15) is 14.4 Å². The number of likely N-dealkylation sites (tertiary alicyclic amines) is 2. The third-order valence-corrected chi connectivity index (χ3v) is 10.6. The molecular formula is C36H45Br2ClN4O4. The Morgan fingerprint density at radius 1 is 1.00 bits per heavy atom. The summed E-state index contributed by atoms with van der Waals surface area (Å²) in [6.45, 7) is 9.68. The number of carbonyl (C=O) groups excluding carboxylic acids is 3. The number of hydrogen-bond acceptors (Lipinski definition) is 5. The first-order valence-corrected chi connectivity index (χ1v) is 18.3. The van der Waals surface area contributed by atoms with Crippen LogP contribution in [0.1, 0.15) is 88.1 Å². The summed E-state index contributed by atoms with van der Waals surface area (Å²) in [7, 11) is 0. The Morgan fingerprint density at radius 3 is 2.26 bits per heavy atom. The lowest BCUT2D eigenvalue weighted by Gasteiger charge is -2.38. The van der Waals surface area contributed by atoms with E-state index < -0.39 is 17.7 Å². The van der Waals surface area contributed by atoms with E-state index in [1.807, 2.05) is 17.2 Å².